The molecule has 0 heterocycles. The Kier molecular flexibility index (Phi) is 6.66. The third-order valence-corrected chi connectivity index (χ3v) is 3.60. The van der Waals surface area contributed by atoms with Gasteiger partial charge in [0.2, 0.25) is 0 Å². The molecule has 120 valence electrons. The van der Waals surface area contributed by atoms with Crippen molar-refractivity contribution in [3.8, 4) is 5.75 Å². The second-order valence-corrected chi connectivity index (χ2v) is 6.14. The minimum atomic E-state index is -0.636. The van der Waals surface area contributed by atoms with Crippen LogP contribution in [0.4, 0.5) is 5.69 Å². The van der Waals surface area contributed by atoms with E-state index in [9.17, 15) is 9.59 Å². The SMILES string of the molecule is O=C(COC(=O)COc1cccc(Cl)c1)Nc1ccc(I)cc1. The van der Waals surface area contributed by atoms with E-state index in [-0.39, 0.29) is 13.2 Å². The molecule has 2 aromatic rings. The molecule has 1 N–H and O–H groups in total. The smallest absolute Gasteiger partial charge is 0.344 e. The highest BCUT2D eigenvalue weighted by Crippen LogP contribution is 2.17. The van der Waals surface area contributed by atoms with Gasteiger partial charge in [0.15, 0.2) is 13.2 Å². The first-order valence-electron chi connectivity index (χ1n) is 6.62. The lowest BCUT2D eigenvalue weighted by Gasteiger charge is -2.08. The molecule has 0 aliphatic heterocycles. The molecule has 2 aromatic carbocycles. The summed E-state index contributed by atoms with van der Waals surface area (Å²) in [6.07, 6.45) is 0. The van der Waals surface area contributed by atoms with Gasteiger partial charge in [-0.1, -0.05) is 17.7 Å². The van der Waals surface area contributed by atoms with Gasteiger partial charge in [0.25, 0.3) is 5.91 Å². The molecule has 0 radical (unpaired) electrons. The number of halogens is 2. The van der Waals surface area contributed by atoms with E-state index in [2.05, 4.69) is 27.9 Å². The first kappa shape index (κ1) is 17.6. The first-order valence-corrected chi connectivity index (χ1v) is 8.08. The number of anilines is 1. The van der Waals surface area contributed by atoms with Crippen molar-refractivity contribution in [2.24, 2.45) is 0 Å². The van der Waals surface area contributed by atoms with Gasteiger partial charge in [-0.3, -0.25) is 4.79 Å². The largest absolute Gasteiger partial charge is 0.482 e. The van der Waals surface area contributed by atoms with Crippen LogP contribution in [0.25, 0.3) is 0 Å². The Morgan fingerprint density at radius 3 is 2.52 bits per heavy atom. The van der Waals surface area contributed by atoms with E-state index < -0.39 is 11.9 Å². The number of carbonyl (C=O) groups is 2. The van der Waals surface area contributed by atoms with Crippen molar-refractivity contribution in [1.82, 2.24) is 0 Å². The molecule has 1 amide bonds. The molecule has 0 bridgehead atoms. The van der Waals surface area contributed by atoms with Crippen LogP contribution in [0.1, 0.15) is 0 Å². The standard InChI is InChI=1S/C16H13ClINO4/c17-11-2-1-3-14(8-11)22-10-16(21)23-9-15(20)19-13-6-4-12(18)5-7-13/h1-8H,9-10H2,(H,19,20). The lowest BCUT2D eigenvalue weighted by Crippen LogP contribution is -2.23. The summed E-state index contributed by atoms with van der Waals surface area (Å²) in [5, 5.41) is 3.14. The molecular formula is C16H13ClINO4. The van der Waals surface area contributed by atoms with Crippen molar-refractivity contribution < 1.29 is 19.1 Å². The molecule has 0 spiro atoms. The van der Waals surface area contributed by atoms with Gasteiger partial charge in [-0.2, -0.15) is 0 Å². The van der Waals surface area contributed by atoms with Crippen LogP contribution in [-0.4, -0.2) is 25.1 Å². The third kappa shape index (κ3) is 6.45. The van der Waals surface area contributed by atoms with Gasteiger partial charge in [-0.15, -0.1) is 0 Å². The van der Waals surface area contributed by atoms with Crippen molar-refractivity contribution in [3.63, 3.8) is 0 Å². The monoisotopic (exact) mass is 445 g/mol. The normalized spacial score (nSPS) is 10.0. The minimum absolute atomic E-state index is 0.294. The van der Waals surface area contributed by atoms with E-state index in [1.807, 2.05) is 12.1 Å². The molecule has 7 heteroatoms. The molecule has 0 aliphatic carbocycles. The number of carbonyl (C=O) groups excluding carboxylic acids is 2. The zero-order chi connectivity index (χ0) is 16.7. The fourth-order valence-corrected chi connectivity index (χ4v) is 2.16. The van der Waals surface area contributed by atoms with Gasteiger partial charge in [0.05, 0.1) is 0 Å². The topological polar surface area (TPSA) is 64.6 Å². The van der Waals surface area contributed by atoms with Gasteiger partial charge in [-0.05, 0) is 65.1 Å². The lowest BCUT2D eigenvalue weighted by molar-refractivity contribution is -0.149. The minimum Gasteiger partial charge on any atom is -0.482 e. The highest BCUT2D eigenvalue weighted by atomic mass is 127. The molecule has 2 rings (SSSR count). The molecule has 23 heavy (non-hydrogen) atoms. The van der Waals surface area contributed by atoms with Crippen LogP contribution in [0.15, 0.2) is 48.5 Å². The van der Waals surface area contributed by atoms with Crippen molar-refractivity contribution >= 4 is 51.8 Å². The first-order chi connectivity index (χ1) is 11.0. The number of hydrogen-bond acceptors (Lipinski definition) is 4. The van der Waals surface area contributed by atoms with Crippen molar-refractivity contribution in [1.29, 1.82) is 0 Å². The average Bonchev–Trinajstić information content (AvgIpc) is 2.53. The summed E-state index contributed by atoms with van der Waals surface area (Å²) in [4.78, 5) is 23.2. The fraction of sp³-hybridized carbons (Fsp3) is 0.125. The van der Waals surface area contributed by atoms with Crippen LogP contribution >= 0.6 is 34.2 Å². The summed E-state index contributed by atoms with van der Waals surface area (Å²) in [5.41, 5.74) is 0.640. The summed E-state index contributed by atoms with van der Waals surface area (Å²) >= 11 is 7.97. The maximum atomic E-state index is 11.7. The summed E-state index contributed by atoms with van der Waals surface area (Å²) in [7, 11) is 0. The van der Waals surface area contributed by atoms with Gasteiger partial charge < -0.3 is 14.8 Å². The third-order valence-electron chi connectivity index (χ3n) is 2.64. The Bertz CT molecular complexity index is 691. The quantitative estimate of drug-likeness (QED) is 0.546. The molecular weight excluding hydrogens is 433 g/mol. The van der Waals surface area contributed by atoms with Crippen LogP contribution < -0.4 is 10.1 Å². The predicted molar refractivity (Wildman–Crippen MR) is 95.7 cm³/mol. The highest BCUT2D eigenvalue weighted by molar-refractivity contribution is 14.1. The van der Waals surface area contributed by atoms with Gasteiger partial charge in [0.1, 0.15) is 5.75 Å². The Morgan fingerprint density at radius 1 is 1.09 bits per heavy atom. The number of hydrogen-bond donors (Lipinski definition) is 1. The number of rotatable bonds is 6. The molecule has 5 nitrogen and oxygen atoms in total. The predicted octanol–water partition coefficient (Wildman–Crippen LogP) is 3.51. The Morgan fingerprint density at radius 2 is 1.83 bits per heavy atom. The van der Waals surface area contributed by atoms with E-state index in [1.54, 1.807) is 36.4 Å². The Hall–Kier alpha value is -1.80. The zero-order valence-electron chi connectivity index (χ0n) is 11.9. The van der Waals surface area contributed by atoms with Crippen molar-refractivity contribution in [2.45, 2.75) is 0 Å². The fourth-order valence-electron chi connectivity index (χ4n) is 1.62. The molecule has 0 unspecified atom stereocenters. The number of ether oxygens (including phenoxy) is 2. The van der Waals surface area contributed by atoms with Crippen LogP contribution in [0.3, 0.4) is 0 Å². The molecule has 0 fully saturated rings. The summed E-state index contributed by atoms with van der Waals surface area (Å²) in [6, 6.07) is 13.9. The maximum absolute atomic E-state index is 11.7. The summed E-state index contributed by atoms with van der Waals surface area (Å²) in [5.74, 6) is -0.595. The van der Waals surface area contributed by atoms with Gasteiger partial charge in [-0.25, -0.2) is 4.79 Å². The van der Waals surface area contributed by atoms with E-state index in [4.69, 9.17) is 21.1 Å². The lowest BCUT2D eigenvalue weighted by atomic mass is 10.3. The van der Waals surface area contributed by atoms with E-state index in [0.717, 1.165) is 3.57 Å². The second kappa shape index (κ2) is 8.73. The number of esters is 1. The molecule has 0 atom stereocenters. The van der Waals surface area contributed by atoms with Crippen LogP contribution in [0.2, 0.25) is 5.02 Å². The average molecular weight is 446 g/mol. The van der Waals surface area contributed by atoms with Crippen LogP contribution in [-0.2, 0) is 14.3 Å². The summed E-state index contributed by atoms with van der Waals surface area (Å²) in [6.45, 7) is -0.666. The van der Waals surface area contributed by atoms with Gasteiger partial charge in [0, 0.05) is 14.3 Å². The second-order valence-electron chi connectivity index (χ2n) is 4.46. The Balaban J connectivity index is 1.71. The Labute approximate surface area is 152 Å². The van der Waals surface area contributed by atoms with Crippen molar-refractivity contribution in [3.05, 3.63) is 57.1 Å². The van der Waals surface area contributed by atoms with E-state index in [0.29, 0.717) is 16.5 Å². The molecule has 0 saturated heterocycles. The van der Waals surface area contributed by atoms with Crippen LogP contribution in [0, 0.1) is 3.57 Å². The number of benzene rings is 2. The van der Waals surface area contributed by atoms with E-state index >= 15 is 0 Å². The number of amides is 1. The maximum Gasteiger partial charge on any atom is 0.344 e. The van der Waals surface area contributed by atoms with E-state index in [1.165, 1.54) is 0 Å². The molecule has 0 aromatic heterocycles. The molecule has 0 saturated carbocycles. The highest BCUT2D eigenvalue weighted by Gasteiger charge is 2.09. The summed E-state index contributed by atoms with van der Waals surface area (Å²) < 4.78 is 11.1. The van der Waals surface area contributed by atoms with Crippen molar-refractivity contribution in [2.75, 3.05) is 18.5 Å². The zero-order valence-corrected chi connectivity index (χ0v) is 14.8. The van der Waals surface area contributed by atoms with Crippen LogP contribution in [0.5, 0.6) is 5.75 Å². The number of nitrogens with one attached hydrogen (secondary N) is 1. The van der Waals surface area contributed by atoms with Gasteiger partial charge >= 0.3 is 5.97 Å². The molecule has 0 aliphatic rings.